The summed E-state index contributed by atoms with van der Waals surface area (Å²) < 4.78 is 0. The Morgan fingerprint density at radius 3 is 1.45 bits per heavy atom. The van der Waals surface area contributed by atoms with E-state index >= 15 is 0 Å². The molecule has 10 aromatic rings. The van der Waals surface area contributed by atoms with E-state index in [9.17, 15) is 40.5 Å². The smallest absolute Gasteiger partial charge is 0.258 e. The van der Waals surface area contributed by atoms with Crippen LogP contribution in [0.15, 0.2) is 175 Å². The Morgan fingerprint density at radius 1 is 0.378 bits per heavy atom. The molecule has 0 saturated carbocycles. The third-order valence-electron chi connectivity index (χ3n) is 16.9. The first-order valence-electron chi connectivity index (χ1n) is 24.0. The normalized spacial score (nSPS) is 18.4. The number of nitrogens with zero attached hydrogens (tertiary/aromatic N) is 4. The number of hydrogen-bond acceptors (Lipinski definition) is 8. The number of rotatable bonds is 8. The van der Waals surface area contributed by atoms with Gasteiger partial charge in [0.1, 0.15) is 0 Å². The van der Waals surface area contributed by atoms with Gasteiger partial charge >= 0.3 is 0 Å². The number of nitro groups is 4. The van der Waals surface area contributed by atoms with Crippen LogP contribution in [0.25, 0.3) is 99.9 Å². The molecule has 16 rings (SSSR count). The maximum Gasteiger partial charge on any atom is 0.269 e. The summed E-state index contributed by atoms with van der Waals surface area (Å²) in [5, 5.41) is 58.8. The topological polar surface area (TPSA) is 173 Å². The molecule has 2 unspecified atom stereocenters. The van der Waals surface area contributed by atoms with Crippen LogP contribution in [0.1, 0.15) is 50.1 Å². The van der Waals surface area contributed by atoms with E-state index in [1.54, 1.807) is 48.5 Å². The minimum absolute atomic E-state index is 0.0123. The summed E-state index contributed by atoms with van der Waals surface area (Å²) in [6, 6.07) is 42.5. The van der Waals surface area contributed by atoms with Crippen LogP contribution < -0.4 is 0 Å². The first-order valence-corrected chi connectivity index (χ1v) is 24.0. The molecule has 0 amide bonds. The van der Waals surface area contributed by atoms with Gasteiger partial charge in [0.15, 0.2) is 0 Å². The lowest BCUT2D eigenvalue weighted by atomic mass is 9.49. The lowest BCUT2D eigenvalue weighted by Crippen LogP contribution is -2.40. The van der Waals surface area contributed by atoms with Gasteiger partial charge < -0.3 is 0 Å². The van der Waals surface area contributed by atoms with Gasteiger partial charge in [-0.15, -0.1) is 0 Å². The van der Waals surface area contributed by atoms with E-state index < -0.39 is 20.7 Å². The zero-order valence-corrected chi connectivity index (χ0v) is 38.4. The highest BCUT2D eigenvalue weighted by molar-refractivity contribution is 6.38. The van der Waals surface area contributed by atoms with Crippen molar-refractivity contribution in [2.45, 2.75) is 10.8 Å². The summed E-state index contributed by atoms with van der Waals surface area (Å²) in [6.45, 7) is 0. The second-order valence-corrected chi connectivity index (χ2v) is 19.9. The lowest BCUT2D eigenvalue weighted by molar-refractivity contribution is -0.385. The summed E-state index contributed by atoms with van der Waals surface area (Å²) in [4.78, 5) is 47.0. The van der Waals surface area contributed by atoms with Crippen LogP contribution in [0.4, 0.5) is 22.7 Å². The minimum Gasteiger partial charge on any atom is -0.258 e. The van der Waals surface area contributed by atoms with Crippen molar-refractivity contribution in [2.24, 2.45) is 0 Å². The number of hydrogen-bond donors (Lipinski definition) is 0. The van der Waals surface area contributed by atoms with Crippen molar-refractivity contribution in [3.8, 4) is 22.3 Å². The van der Waals surface area contributed by atoms with Crippen LogP contribution in [0.3, 0.4) is 0 Å². The first kappa shape index (κ1) is 40.5. The van der Waals surface area contributed by atoms with E-state index in [0.717, 1.165) is 143 Å². The molecule has 346 valence electrons. The van der Waals surface area contributed by atoms with Gasteiger partial charge in [-0.1, -0.05) is 78.9 Å². The molecule has 2 atom stereocenters. The quantitative estimate of drug-likeness (QED) is 0.0626. The number of nitro benzene ring substituents is 4. The predicted octanol–water partition coefficient (Wildman–Crippen LogP) is 15.1. The Labute approximate surface area is 417 Å². The second-order valence-electron chi connectivity index (χ2n) is 19.9. The van der Waals surface area contributed by atoms with E-state index in [1.807, 2.05) is 24.3 Å². The molecule has 6 aliphatic rings. The molecule has 74 heavy (non-hydrogen) atoms. The molecule has 0 aromatic heterocycles. The molecular formula is C62H30N4O8. The number of non-ortho nitro benzene ring substituents is 4. The largest absolute Gasteiger partial charge is 0.269 e. The third-order valence-corrected chi connectivity index (χ3v) is 16.9. The Bertz CT molecular complexity index is 4680. The fraction of sp³-hybridized carbons (Fsp3) is 0.0323. The van der Waals surface area contributed by atoms with E-state index in [0.29, 0.717) is 0 Å². The Morgan fingerprint density at radius 2 is 0.865 bits per heavy atom. The average Bonchev–Trinajstić information content (AvgIpc) is 3.53. The zero-order chi connectivity index (χ0) is 49.8. The highest BCUT2D eigenvalue weighted by atomic mass is 16.6. The zero-order valence-electron chi connectivity index (χ0n) is 38.4. The fourth-order valence-corrected chi connectivity index (χ4v) is 14.2. The van der Waals surface area contributed by atoms with Gasteiger partial charge in [0.25, 0.3) is 22.7 Å². The summed E-state index contributed by atoms with van der Waals surface area (Å²) in [5.41, 5.74) is 12.9. The molecule has 0 heterocycles. The van der Waals surface area contributed by atoms with Gasteiger partial charge in [0, 0.05) is 48.5 Å². The number of benzene rings is 10. The van der Waals surface area contributed by atoms with Crippen LogP contribution in [-0.2, 0) is 10.8 Å². The van der Waals surface area contributed by atoms with Crippen LogP contribution in [0, 0.1) is 40.5 Å². The highest BCUT2D eigenvalue weighted by Crippen LogP contribution is 2.70. The molecule has 0 aliphatic heterocycles. The van der Waals surface area contributed by atoms with Crippen LogP contribution >= 0.6 is 0 Å². The monoisotopic (exact) mass is 958 g/mol. The van der Waals surface area contributed by atoms with Crippen molar-refractivity contribution in [1.29, 1.82) is 0 Å². The highest BCUT2D eigenvalue weighted by Gasteiger charge is 2.56. The molecule has 0 fully saturated rings. The standard InChI is InChI=1S/C62H30N4O8/c67-63(68)42-16-5-31(6-17-42)46-24-9-33-26-37-29-41-11-4-35-30-48(32-7-18-43(19-8-32)64(69)70)47-25-10-34-27-36-28-40-2-1-3-49-54(46)50(33)56-53(37)60-57(52(36)59(56)61(40,49)38-12-20-44(21-13-38)65(71)72)51(34)55(47)58(35)62(41,60)39-14-22-45(23-15-39)66(73)74/h1-30H. The molecule has 10 aromatic carbocycles. The van der Waals surface area contributed by atoms with E-state index in [2.05, 4.69) is 85.0 Å². The first-order chi connectivity index (χ1) is 36.0. The molecule has 12 nitrogen and oxygen atoms in total. The molecule has 0 radical (unpaired) electrons. The lowest BCUT2D eigenvalue weighted by Gasteiger charge is -2.51. The minimum atomic E-state index is -1.03. The van der Waals surface area contributed by atoms with Gasteiger partial charge in [0.05, 0.1) is 30.5 Å². The summed E-state index contributed by atoms with van der Waals surface area (Å²) >= 11 is 0. The van der Waals surface area contributed by atoms with Gasteiger partial charge in [-0.25, -0.2) is 0 Å². The molecule has 12 heteroatoms. The molecule has 0 spiro atoms. The third kappa shape index (κ3) is 4.60. The van der Waals surface area contributed by atoms with Crippen molar-refractivity contribution < 1.29 is 19.7 Å². The number of allylic oxidation sites excluding steroid dienone is 7. The van der Waals surface area contributed by atoms with Gasteiger partial charge in [-0.3, -0.25) is 40.5 Å². The van der Waals surface area contributed by atoms with Crippen molar-refractivity contribution in [1.82, 2.24) is 0 Å². The Hall–Kier alpha value is -10.2. The van der Waals surface area contributed by atoms with Gasteiger partial charge in [-0.2, -0.15) is 0 Å². The van der Waals surface area contributed by atoms with Crippen molar-refractivity contribution in [3.05, 3.63) is 266 Å². The van der Waals surface area contributed by atoms with Crippen molar-refractivity contribution in [2.75, 3.05) is 0 Å². The molecule has 0 bridgehead atoms. The van der Waals surface area contributed by atoms with Crippen molar-refractivity contribution >= 4 is 100 Å². The van der Waals surface area contributed by atoms with Crippen LogP contribution in [0.5, 0.6) is 0 Å². The summed E-state index contributed by atoms with van der Waals surface area (Å²) in [7, 11) is 0. The maximum atomic E-state index is 12.4. The van der Waals surface area contributed by atoms with Gasteiger partial charge in [0.2, 0.25) is 0 Å². The van der Waals surface area contributed by atoms with Gasteiger partial charge in [-0.05, 0) is 198 Å². The van der Waals surface area contributed by atoms with Crippen LogP contribution in [0.2, 0.25) is 0 Å². The molecule has 6 aliphatic carbocycles. The SMILES string of the molecule is O=[N+]([O-])c1ccc(-c2ccc3cc4c5c6c7c8c(cc9ccc%10c(-c%11ccc([N+](=O)[O-])cc%11)cc%11c(c%10c97)C6(c6ccc([N+](=O)[O-])cc6)C(=C4)C=C%11)C=C4C=CC=C6c2c3c5c8C46c2ccc([N+](=O)[O-])cc2)cc1. The Balaban J connectivity index is 1.18. The van der Waals surface area contributed by atoms with E-state index in [1.165, 1.54) is 24.3 Å². The summed E-state index contributed by atoms with van der Waals surface area (Å²) in [6.07, 6.45) is 15.2. The molecular weight excluding hydrogens is 929 g/mol. The second kappa shape index (κ2) is 13.4. The van der Waals surface area contributed by atoms with E-state index in [-0.39, 0.29) is 32.6 Å². The van der Waals surface area contributed by atoms with Crippen LogP contribution in [-0.4, -0.2) is 19.7 Å². The summed E-state index contributed by atoms with van der Waals surface area (Å²) in [5.74, 6) is 0. The fourth-order valence-electron chi connectivity index (χ4n) is 14.2. The van der Waals surface area contributed by atoms with E-state index in [4.69, 9.17) is 0 Å². The maximum absolute atomic E-state index is 12.4. The van der Waals surface area contributed by atoms with Crippen molar-refractivity contribution in [3.63, 3.8) is 0 Å². The molecule has 0 N–H and O–H groups in total. The Kier molecular flexibility index (Phi) is 7.34. The average molecular weight is 959 g/mol. The predicted molar refractivity (Wildman–Crippen MR) is 287 cm³/mol. The molecule has 0 saturated heterocycles. The number of fused-ring (bicyclic) bond motifs is 1.